The number of nitrogens with one attached hydrogen (secondary N) is 1. The molecule has 20 heavy (non-hydrogen) atoms. The minimum Gasteiger partial charge on any atom is -0.505 e. The minimum atomic E-state index is -0.549. The van der Waals surface area contributed by atoms with Crippen LogP contribution in [-0.4, -0.2) is 36.2 Å². The topological polar surface area (TPSA) is 35.5 Å². The van der Waals surface area contributed by atoms with Crippen LogP contribution in [0.2, 0.25) is 0 Å². The smallest absolute Gasteiger partial charge is 0.165 e. The zero-order chi connectivity index (χ0) is 14.4. The Hall–Kier alpha value is -1.13. The number of hydrogen-bond acceptors (Lipinski definition) is 3. The molecule has 1 aliphatic rings. The molecule has 4 heteroatoms. The predicted octanol–water partition coefficient (Wildman–Crippen LogP) is 2.74. The molecule has 0 spiro atoms. The van der Waals surface area contributed by atoms with E-state index in [4.69, 9.17) is 5.11 Å². The van der Waals surface area contributed by atoms with Crippen LogP contribution in [0.1, 0.15) is 31.7 Å². The molecule has 1 heterocycles. The van der Waals surface area contributed by atoms with Crippen LogP contribution >= 0.6 is 0 Å². The number of halogens is 1. The summed E-state index contributed by atoms with van der Waals surface area (Å²) >= 11 is 0. The second-order valence-electron chi connectivity index (χ2n) is 5.84. The van der Waals surface area contributed by atoms with Gasteiger partial charge in [-0.1, -0.05) is 13.0 Å². The van der Waals surface area contributed by atoms with Crippen molar-refractivity contribution >= 4 is 0 Å². The van der Waals surface area contributed by atoms with Crippen molar-refractivity contribution in [2.75, 3.05) is 26.2 Å². The largest absolute Gasteiger partial charge is 0.505 e. The number of rotatable bonds is 6. The van der Waals surface area contributed by atoms with Gasteiger partial charge in [-0.15, -0.1) is 0 Å². The lowest BCUT2D eigenvalue weighted by Gasteiger charge is -2.30. The molecule has 1 aromatic rings. The molecule has 0 saturated carbocycles. The summed E-state index contributed by atoms with van der Waals surface area (Å²) < 4.78 is 13.1. The first kappa shape index (κ1) is 15.3. The molecule has 0 unspecified atom stereocenters. The first-order valence-electron chi connectivity index (χ1n) is 7.55. The lowest BCUT2D eigenvalue weighted by molar-refractivity contribution is 0.190. The summed E-state index contributed by atoms with van der Waals surface area (Å²) in [6, 6.07) is 4.53. The maximum atomic E-state index is 13.1. The van der Waals surface area contributed by atoms with E-state index in [0.717, 1.165) is 31.0 Å². The summed E-state index contributed by atoms with van der Waals surface area (Å²) in [5, 5.41) is 12.4. The van der Waals surface area contributed by atoms with Gasteiger partial charge in [-0.05, 0) is 69.1 Å². The van der Waals surface area contributed by atoms with Gasteiger partial charge in [0, 0.05) is 6.54 Å². The number of likely N-dealkylation sites (tertiary alicyclic amines) is 1. The number of piperidine rings is 1. The molecule has 3 nitrogen and oxygen atoms in total. The lowest BCUT2D eigenvalue weighted by Crippen LogP contribution is -2.34. The van der Waals surface area contributed by atoms with Crippen molar-refractivity contribution in [1.29, 1.82) is 0 Å². The molecule has 1 aromatic carbocycles. The predicted molar refractivity (Wildman–Crippen MR) is 79.2 cm³/mol. The van der Waals surface area contributed by atoms with Gasteiger partial charge in [-0.25, -0.2) is 4.39 Å². The van der Waals surface area contributed by atoms with Gasteiger partial charge in [-0.3, -0.25) is 0 Å². The SMILES string of the molecule is CC1CCN(CCCNCc2ccc(O)c(F)c2)CC1. The Morgan fingerprint density at radius 3 is 2.80 bits per heavy atom. The lowest BCUT2D eigenvalue weighted by atomic mass is 9.99. The Bertz CT molecular complexity index is 417. The third-order valence-electron chi connectivity index (χ3n) is 4.05. The Morgan fingerprint density at radius 2 is 2.10 bits per heavy atom. The van der Waals surface area contributed by atoms with E-state index < -0.39 is 5.82 Å². The fourth-order valence-corrected chi connectivity index (χ4v) is 2.61. The van der Waals surface area contributed by atoms with E-state index in [1.807, 2.05) is 0 Å². The summed E-state index contributed by atoms with van der Waals surface area (Å²) in [7, 11) is 0. The quantitative estimate of drug-likeness (QED) is 0.787. The molecule has 0 aromatic heterocycles. The van der Waals surface area contributed by atoms with Gasteiger partial charge >= 0.3 is 0 Å². The second kappa shape index (κ2) is 7.60. The average Bonchev–Trinajstić information content (AvgIpc) is 2.44. The van der Waals surface area contributed by atoms with Crippen LogP contribution in [0.5, 0.6) is 5.75 Å². The molecular formula is C16H25FN2O. The van der Waals surface area contributed by atoms with E-state index in [0.29, 0.717) is 6.54 Å². The molecule has 112 valence electrons. The summed E-state index contributed by atoms with van der Waals surface area (Å²) in [5.41, 5.74) is 0.868. The molecule has 1 saturated heterocycles. The minimum absolute atomic E-state index is 0.284. The van der Waals surface area contributed by atoms with Gasteiger partial charge in [0.05, 0.1) is 0 Å². The summed E-state index contributed by atoms with van der Waals surface area (Å²) in [6.45, 7) is 7.51. The maximum absolute atomic E-state index is 13.1. The van der Waals surface area contributed by atoms with E-state index in [-0.39, 0.29) is 5.75 Å². The van der Waals surface area contributed by atoms with Crippen LogP contribution < -0.4 is 5.32 Å². The Labute approximate surface area is 120 Å². The maximum Gasteiger partial charge on any atom is 0.165 e. The van der Waals surface area contributed by atoms with Gasteiger partial charge in [0.2, 0.25) is 0 Å². The standard InChI is InChI=1S/C16H25FN2O/c1-13-5-9-19(10-6-13)8-2-7-18-12-14-3-4-16(20)15(17)11-14/h3-4,11,13,18,20H,2,5-10,12H2,1H3. The van der Waals surface area contributed by atoms with E-state index >= 15 is 0 Å². The van der Waals surface area contributed by atoms with Gasteiger partial charge < -0.3 is 15.3 Å². The molecule has 0 radical (unpaired) electrons. The van der Waals surface area contributed by atoms with Crippen molar-refractivity contribution in [3.8, 4) is 5.75 Å². The summed E-state index contributed by atoms with van der Waals surface area (Å²) in [5.74, 6) is 0.0496. The Balaban J connectivity index is 1.58. The summed E-state index contributed by atoms with van der Waals surface area (Å²) in [6.07, 6.45) is 3.76. The van der Waals surface area contributed by atoms with Crippen molar-refractivity contribution in [1.82, 2.24) is 10.2 Å². The highest BCUT2D eigenvalue weighted by Crippen LogP contribution is 2.16. The first-order valence-corrected chi connectivity index (χ1v) is 7.55. The average molecular weight is 280 g/mol. The Morgan fingerprint density at radius 1 is 1.35 bits per heavy atom. The third-order valence-corrected chi connectivity index (χ3v) is 4.05. The van der Waals surface area contributed by atoms with E-state index in [2.05, 4.69) is 17.1 Å². The molecule has 0 bridgehead atoms. The van der Waals surface area contributed by atoms with Crippen LogP contribution in [0, 0.1) is 11.7 Å². The number of phenols is 1. The van der Waals surface area contributed by atoms with E-state index in [1.54, 1.807) is 6.07 Å². The highest BCUT2D eigenvalue weighted by atomic mass is 19.1. The van der Waals surface area contributed by atoms with Gasteiger partial charge in [0.1, 0.15) is 0 Å². The zero-order valence-corrected chi connectivity index (χ0v) is 12.2. The van der Waals surface area contributed by atoms with Crippen LogP contribution in [0.3, 0.4) is 0 Å². The highest BCUT2D eigenvalue weighted by Gasteiger charge is 2.14. The second-order valence-corrected chi connectivity index (χ2v) is 5.84. The van der Waals surface area contributed by atoms with Crippen molar-refractivity contribution in [2.45, 2.75) is 32.7 Å². The molecule has 2 N–H and O–H groups in total. The van der Waals surface area contributed by atoms with Crippen molar-refractivity contribution in [2.24, 2.45) is 5.92 Å². The highest BCUT2D eigenvalue weighted by molar-refractivity contribution is 5.27. The normalized spacial score (nSPS) is 17.5. The van der Waals surface area contributed by atoms with Crippen molar-refractivity contribution in [3.05, 3.63) is 29.6 Å². The fraction of sp³-hybridized carbons (Fsp3) is 0.625. The van der Waals surface area contributed by atoms with Gasteiger partial charge in [0.15, 0.2) is 11.6 Å². The number of hydrogen-bond donors (Lipinski definition) is 2. The monoisotopic (exact) mass is 280 g/mol. The number of phenolic OH excluding ortho intramolecular Hbond substituents is 1. The van der Waals surface area contributed by atoms with Crippen LogP contribution in [0.25, 0.3) is 0 Å². The van der Waals surface area contributed by atoms with Crippen molar-refractivity contribution < 1.29 is 9.50 Å². The van der Waals surface area contributed by atoms with Gasteiger partial charge in [0.25, 0.3) is 0 Å². The first-order chi connectivity index (χ1) is 9.65. The number of nitrogens with zero attached hydrogens (tertiary/aromatic N) is 1. The molecule has 2 rings (SSSR count). The molecule has 1 aliphatic heterocycles. The number of benzene rings is 1. The van der Waals surface area contributed by atoms with Crippen LogP contribution in [-0.2, 0) is 6.54 Å². The van der Waals surface area contributed by atoms with Gasteiger partial charge in [-0.2, -0.15) is 0 Å². The third kappa shape index (κ3) is 4.76. The molecular weight excluding hydrogens is 255 g/mol. The van der Waals surface area contributed by atoms with Crippen LogP contribution in [0.4, 0.5) is 4.39 Å². The zero-order valence-electron chi connectivity index (χ0n) is 12.2. The van der Waals surface area contributed by atoms with E-state index in [1.165, 1.54) is 38.1 Å². The molecule has 0 aliphatic carbocycles. The fourth-order valence-electron chi connectivity index (χ4n) is 2.61. The summed E-state index contributed by atoms with van der Waals surface area (Å²) in [4.78, 5) is 2.53. The molecule has 0 amide bonds. The number of aromatic hydroxyl groups is 1. The van der Waals surface area contributed by atoms with E-state index in [9.17, 15) is 4.39 Å². The Kier molecular flexibility index (Phi) is 5.80. The van der Waals surface area contributed by atoms with Crippen molar-refractivity contribution in [3.63, 3.8) is 0 Å². The molecule has 1 fully saturated rings. The molecule has 0 atom stereocenters. The van der Waals surface area contributed by atoms with Crippen LogP contribution in [0.15, 0.2) is 18.2 Å².